The topological polar surface area (TPSA) is 94.4 Å². The van der Waals surface area contributed by atoms with E-state index in [0.29, 0.717) is 29.1 Å². The average Bonchev–Trinajstić information content (AvgIpc) is 3.16. The maximum Gasteiger partial charge on any atom is 0.261 e. The molecule has 2 aromatic rings. The summed E-state index contributed by atoms with van der Waals surface area (Å²) in [5, 5.41) is 14.0. The Balaban J connectivity index is 1.67. The number of phenols is 1. The van der Waals surface area contributed by atoms with Crippen LogP contribution in [0.2, 0.25) is 0 Å². The monoisotopic (exact) mass is 273 g/mol. The first-order valence-corrected chi connectivity index (χ1v) is 6.79. The van der Waals surface area contributed by atoms with Gasteiger partial charge >= 0.3 is 0 Å². The molecule has 104 valence electrons. The summed E-state index contributed by atoms with van der Waals surface area (Å²) in [5.41, 5.74) is 6.44. The standard InChI is InChI=1S/C14H15N3O3/c15-10-3-1-2-8(12(10)18)14-16-13(17-20-14)9-6-7-4-5-11(9)19-7/h1-3,7,9,11,18H,4-6,15H2. The second kappa shape index (κ2) is 4.21. The van der Waals surface area contributed by atoms with E-state index in [1.807, 2.05) is 0 Å². The van der Waals surface area contributed by atoms with Crippen LogP contribution in [0.3, 0.4) is 0 Å². The summed E-state index contributed by atoms with van der Waals surface area (Å²) < 4.78 is 11.1. The Bertz CT molecular complexity index is 655. The van der Waals surface area contributed by atoms with Gasteiger partial charge in [0.25, 0.3) is 5.89 Å². The van der Waals surface area contributed by atoms with Crippen molar-refractivity contribution < 1.29 is 14.4 Å². The number of para-hydroxylation sites is 1. The largest absolute Gasteiger partial charge is 0.505 e. The molecule has 2 bridgehead atoms. The van der Waals surface area contributed by atoms with Crippen molar-refractivity contribution in [2.45, 2.75) is 37.4 Å². The normalized spacial score (nSPS) is 28.1. The van der Waals surface area contributed by atoms with E-state index in [9.17, 15) is 5.11 Å². The van der Waals surface area contributed by atoms with E-state index in [2.05, 4.69) is 10.1 Å². The second-order valence-electron chi connectivity index (χ2n) is 5.42. The lowest BCUT2D eigenvalue weighted by Gasteiger charge is -2.13. The second-order valence-corrected chi connectivity index (χ2v) is 5.42. The molecule has 3 N–H and O–H groups in total. The minimum atomic E-state index is -0.0214. The molecule has 0 radical (unpaired) electrons. The van der Waals surface area contributed by atoms with E-state index in [4.69, 9.17) is 15.0 Å². The van der Waals surface area contributed by atoms with Gasteiger partial charge in [0.2, 0.25) is 0 Å². The molecule has 2 aliphatic rings. The summed E-state index contributed by atoms with van der Waals surface area (Å²) in [5.74, 6) is 1.14. The zero-order chi connectivity index (χ0) is 13.7. The molecule has 0 aliphatic carbocycles. The number of fused-ring (bicyclic) bond motifs is 2. The third-order valence-corrected chi connectivity index (χ3v) is 4.18. The molecule has 0 saturated carbocycles. The number of nitrogens with two attached hydrogens (primary N) is 1. The number of rotatable bonds is 2. The highest BCUT2D eigenvalue weighted by Crippen LogP contribution is 2.44. The number of hydrogen-bond donors (Lipinski definition) is 2. The zero-order valence-corrected chi connectivity index (χ0v) is 10.8. The molecule has 2 aliphatic heterocycles. The molecule has 4 rings (SSSR count). The Hall–Kier alpha value is -2.08. The van der Waals surface area contributed by atoms with E-state index in [1.54, 1.807) is 18.2 Å². The number of phenolic OH excluding ortho intramolecular Hbond substituents is 1. The molecule has 1 aromatic heterocycles. The summed E-state index contributed by atoms with van der Waals surface area (Å²) in [7, 11) is 0. The van der Waals surface area contributed by atoms with Gasteiger partial charge in [-0.1, -0.05) is 11.2 Å². The summed E-state index contributed by atoms with van der Waals surface area (Å²) in [6.07, 6.45) is 3.68. The van der Waals surface area contributed by atoms with Gasteiger partial charge in [-0.05, 0) is 31.4 Å². The van der Waals surface area contributed by atoms with Crippen molar-refractivity contribution in [1.29, 1.82) is 0 Å². The Morgan fingerprint density at radius 3 is 2.95 bits per heavy atom. The van der Waals surface area contributed by atoms with Crippen LogP contribution in [-0.4, -0.2) is 27.5 Å². The first-order valence-electron chi connectivity index (χ1n) is 6.79. The SMILES string of the molecule is Nc1cccc(-c2nc(C3CC4CCC3O4)no2)c1O. The molecule has 0 amide bonds. The number of ether oxygens (including phenoxy) is 1. The van der Waals surface area contributed by atoms with Crippen LogP contribution in [-0.2, 0) is 4.74 Å². The van der Waals surface area contributed by atoms with E-state index in [0.717, 1.165) is 19.3 Å². The first kappa shape index (κ1) is 11.7. The number of hydrogen-bond acceptors (Lipinski definition) is 6. The fourth-order valence-electron chi connectivity index (χ4n) is 3.14. The smallest absolute Gasteiger partial charge is 0.261 e. The highest BCUT2D eigenvalue weighted by Gasteiger charge is 2.43. The number of aromatic hydroxyl groups is 1. The van der Waals surface area contributed by atoms with E-state index < -0.39 is 0 Å². The van der Waals surface area contributed by atoms with Crippen LogP contribution in [0, 0.1) is 0 Å². The van der Waals surface area contributed by atoms with Crippen molar-refractivity contribution >= 4 is 5.69 Å². The predicted molar refractivity (Wildman–Crippen MR) is 71.1 cm³/mol. The lowest BCUT2D eigenvalue weighted by atomic mass is 9.89. The molecule has 2 saturated heterocycles. The summed E-state index contributed by atoms with van der Waals surface area (Å²) in [4.78, 5) is 4.41. The lowest BCUT2D eigenvalue weighted by Crippen LogP contribution is -2.15. The molecular formula is C14H15N3O3. The van der Waals surface area contributed by atoms with E-state index in [-0.39, 0.29) is 17.8 Å². The number of aromatic nitrogens is 2. The third-order valence-electron chi connectivity index (χ3n) is 4.18. The Morgan fingerprint density at radius 2 is 2.20 bits per heavy atom. The average molecular weight is 273 g/mol. The molecule has 6 heteroatoms. The zero-order valence-electron chi connectivity index (χ0n) is 10.8. The predicted octanol–water partition coefficient (Wildman–Crippen LogP) is 2.06. The Morgan fingerprint density at radius 1 is 1.30 bits per heavy atom. The highest BCUT2D eigenvalue weighted by atomic mass is 16.5. The quantitative estimate of drug-likeness (QED) is 0.642. The summed E-state index contributed by atoms with van der Waals surface area (Å²) in [6, 6.07) is 5.08. The van der Waals surface area contributed by atoms with Crippen molar-refractivity contribution in [2.24, 2.45) is 0 Å². The minimum absolute atomic E-state index is 0.0214. The van der Waals surface area contributed by atoms with Crippen LogP contribution >= 0.6 is 0 Å². The van der Waals surface area contributed by atoms with Crippen LogP contribution in [0.25, 0.3) is 11.5 Å². The van der Waals surface area contributed by atoms with Crippen LogP contribution in [0.15, 0.2) is 22.7 Å². The molecule has 3 heterocycles. The molecule has 0 spiro atoms. The summed E-state index contributed by atoms with van der Waals surface area (Å²) >= 11 is 0. The number of nitrogen functional groups attached to an aromatic ring is 1. The van der Waals surface area contributed by atoms with E-state index in [1.165, 1.54) is 0 Å². The van der Waals surface area contributed by atoms with Crippen molar-refractivity contribution in [3.05, 3.63) is 24.0 Å². The van der Waals surface area contributed by atoms with Gasteiger partial charge < -0.3 is 20.1 Å². The molecular weight excluding hydrogens is 258 g/mol. The van der Waals surface area contributed by atoms with Crippen LogP contribution in [0.1, 0.15) is 31.0 Å². The fraction of sp³-hybridized carbons (Fsp3) is 0.429. The van der Waals surface area contributed by atoms with Crippen molar-refractivity contribution in [3.8, 4) is 17.2 Å². The maximum atomic E-state index is 9.95. The fourth-order valence-corrected chi connectivity index (χ4v) is 3.14. The van der Waals surface area contributed by atoms with Gasteiger partial charge in [0.1, 0.15) is 0 Å². The van der Waals surface area contributed by atoms with Crippen LogP contribution in [0.4, 0.5) is 5.69 Å². The number of nitrogens with zero attached hydrogens (tertiary/aromatic N) is 2. The molecule has 3 unspecified atom stereocenters. The first-order chi connectivity index (χ1) is 9.72. The molecule has 20 heavy (non-hydrogen) atoms. The number of anilines is 1. The minimum Gasteiger partial charge on any atom is -0.505 e. The van der Waals surface area contributed by atoms with Gasteiger partial charge in [-0.25, -0.2) is 0 Å². The van der Waals surface area contributed by atoms with Crippen molar-refractivity contribution in [3.63, 3.8) is 0 Å². The maximum absolute atomic E-state index is 9.95. The van der Waals surface area contributed by atoms with Crippen LogP contribution < -0.4 is 5.73 Å². The molecule has 3 atom stereocenters. The third kappa shape index (κ3) is 1.68. The van der Waals surface area contributed by atoms with Crippen molar-refractivity contribution in [2.75, 3.05) is 5.73 Å². The number of benzene rings is 1. The summed E-state index contributed by atoms with van der Waals surface area (Å²) in [6.45, 7) is 0. The van der Waals surface area contributed by atoms with Gasteiger partial charge in [-0.2, -0.15) is 4.98 Å². The van der Waals surface area contributed by atoms with Gasteiger partial charge in [0.15, 0.2) is 11.6 Å². The van der Waals surface area contributed by atoms with Gasteiger partial charge in [-0.3, -0.25) is 0 Å². The highest BCUT2D eigenvalue weighted by molar-refractivity contribution is 5.71. The lowest BCUT2D eigenvalue weighted by molar-refractivity contribution is 0.0996. The van der Waals surface area contributed by atoms with Gasteiger partial charge in [0, 0.05) is 0 Å². The van der Waals surface area contributed by atoms with Gasteiger partial charge in [0.05, 0.1) is 29.4 Å². The van der Waals surface area contributed by atoms with Crippen LogP contribution in [0.5, 0.6) is 5.75 Å². The van der Waals surface area contributed by atoms with E-state index >= 15 is 0 Å². The molecule has 2 fully saturated rings. The Labute approximate surface area is 115 Å². The molecule has 6 nitrogen and oxygen atoms in total. The molecule has 1 aromatic carbocycles. The van der Waals surface area contributed by atoms with Crippen molar-refractivity contribution in [1.82, 2.24) is 10.1 Å². The Kier molecular flexibility index (Phi) is 2.47. The van der Waals surface area contributed by atoms with Gasteiger partial charge in [-0.15, -0.1) is 0 Å².